The molecule has 9 nitrogen and oxygen atoms in total. The van der Waals surface area contributed by atoms with Crippen LogP contribution in [-0.4, -0.2) is 57.3 Å². The van der Waals surface area contributed by atoms with E-state index in [1.54, 1.807) is 38.1 Å². The van der Waals surface area contributed by atoms with E-state index in [-0.39, 0.29) is 25.2 Å². The second-order valence-corrected chi connectivity index (χ2v) is 6.00. The van der Waals surface area contributed by atoms with Crippen LogP contribution in [0.2, 0.25) is 0 Å². The van der Waals surface area contributed by atoms with E-state index in [1.807, 2.05) is 0 Å². The maximum Gasteiger partial charge on any atom is 0.334 e. The van der Waals surface area contributed by atoms with Gasteiger partial charge in [0.1, 0.15) is 5.75 Å². The maximum atomic E-state index is 12.9. The molecule has 0 spiro atoms. The average Bonchev–Trinajstić information content (AvgIpc) is 3.04. The normalized spacial score (nSPS) is 20.0. The summed E-state index contributed by atoms with van der Waals surface area (Å²) in [5, 5.41) is 12.9. The van der Waals surface area contributed by atoms with Crippen LogP contribution in [0, 0.1) is 6.92 Å². The van der Waals surface area contributed by atoms with Gasteiger partial charge in [0, 0.05) is 13.5 Å². The highest BCUT2D eigenvalue weighted by atomic mass is 16.5. The van der Waals surface area contributed by atoms with Crippen molar-refractivity contribution in [3.8, 4) is 5.75 Å². The fraction of sp³-hybridized carbons (Fsp3) is 0.412. The summed E-state index contributed by atoms with van der Waals surface area (Å²) in [5.74, 6) is -0.241. The number of ether oxygens (including phenoxy) is 2. The Labute approximate surface area is 149 Å². The SMILES string of the molecule is Cc1nc(COc2ccccc2C(=O)N2CC(C(=O)O)O[C@H](C)C2)no1. The van der Waals surface area contributed by atoms with Gasteiger partial charge in [-0.05, 0) is 19.1 Å². The zero-order chi connectivity index (χ0) is 18.7. The number of hydrogen-bond acceptors (Lipinski definition) is 7. The molecule has 26 heavy (non-hydrogen) atoms. The van der Waals surface area contributed by atoms with Crippen LogP contribution >= 0.6 is 0 Å². The lowest BCUT2D eigenvalue weighted by Crippen LogP contribution is -2.51. The van der Waals surface area contributed by atoms with Crippen molar-refractivity contribution < 1.29 is 28.7 Å². The smallest absolute Gasteiger partial charge is 0.334 e. The van der Waals surface area contributed by atoms with Gasteiger partial charge in [-0.1, -0.05) is 17.3 Å². The molecule has 1 unspecified atom stereocenters. The van der Waals surface area contributed by atoms with Crippen LogP contribution < -0.4 is 4.74 Å². The first-order valence-electron chi connectivity index (χ1n) is 8.12. The van der Waals surface area contributed by atoms with E-state index in [1.165, 1.54) is 4.90 Å². The fourth-order valence-electron chi connectivity index (χ4n) is 2.74. The molecule has 1 fully saturated rings. The summed E-state index contributed by atoms with van der Waals surface area (Å²) < 4.78 is 15.9. The van der Waals surface area contributed by atoms with E-state index in [4.69, 9.17) is 14.0 Å². The lowest BCUT2D eigenvalue weighted by molar-refractivity contribution is -0.160. The van der Waals surface area contributed by atoms with E-state index in [0.717, 1.165) is 0 Å². The van der Waals surface area contributed by atoms with Crippen LogP contribution in [0.3, 0.4) is 0 Å². The van der Waals surface area contributed by atoms with Crippen molar-refractivity contribution in [2.75, 3.05) is 13.1 Å². The number of benzene rings is 1. The second kappa shape index (κ2) is 7.52. The number of carbonyl (C=O) groups is 2. The average molecular weight is 361 g/mol. The third-order valence-electron chi connectivity index (χ3n) is 3.87. The van der Waals surface area contributed by atoms with Crippen molar-refractivity contribution in [3.63, 3.8) is 0 Å². The summed E-state index contributed by atoms with van der Waals surface area (Å²) in [6.45, 7) is 3.75. The first-order valence-corrected chi connectivity index (χ1v) is 8.12. The van der Waals surface area contributed by atoms with Gasteiger partial charge in [0.25, 0.3) is 5.91 Å². The summed E-state index contributed by atoms with van der Waals surface area (Å²) >= 11 is 0. The molecule has 1 aromatic carbocycles. The van der Waals surface area contributed by atoms with E-state index in [0.29, 0.717) is 29.6 Å². The predicted octanol–water partition coefficient (Wildman–Crippen LogP) is 1.27. The largest absolute Gasteiger partial charge is 0.485 e. The van der Waals surface area contributed by atoms with Crippen LogP contribution in [0.1, 0.15) is 29.0 Å². The molecule has 1 aliphatic rings. The number of aryl methyl sites for hydroxylation is 1. The topological polar surface area (TPSA) is 115 Å². The molecule has 9 heteroatoms. The minimum atomic E-state index is -1.09. The molecular weight excluding hydrogens is 342 g/mol. The van der Waals surface area contributed by atoms with E-state index < -0.39 is 12.1 Å². The van der Waals surface area contributed by atoms with Gasteiger partial charge in [-0.3, -0.25) is 4.79 Å². The predicted molar refractivity (Wildman–Crippen MR) is 87.7 cm³/mol. The summed E-state index contributed by atoms with van der Waals surface area (Å²) in [5.41, 5.74) is 0.339. The molecule has 138 valence electrons. The molecule has 2 aromatic rings. The molecule has 3 rings (SSSR count). The zero-order valence-corrected chi connectivity index (χ0v) is 14.4. The van der Waals surface area contributed by atoms with Gasteiger partial charge in [-0.15, -0.1) is 0 Å². The van der Waals surface area contributed by atoms with Gasteiger partial charge < -0.3 is 24.0 Å². The summed E-state index contributed by atoms with van der Waals surface area (Å²) in [7, 11) is 0. The molecule has 1 N–H and O–H groups in total. The zero-order valence-electron chi connectivity index (χ0n) is 14.4. The minimum Gasteiger partial charge on any atom is -0.485 e. The first-order chi connectivity index (χ1) is 12.4. The molecular formula is C17H19N3O6. The Kier molecular flexibility index (Phi) is 5.17. The molecule has 0 saturated carbocycles. The number of nitrogens with zero attached hydrogens (tertiary/aromatic N) is 3. The number of aromatic nitrogens is 2. The lowest BCUT2D eigenvalue weighted by Gasteiger charge is -2.35. The third kappa shape index (κ3) is 3.99. The van der Waals surface area contributed by atoms with E-state index in [2.05, 4.69) is 10.1 Å². The van der Waals surface area contributed by atoms with Gasteiger partial charge in [0.2, 0.25) is 11.7 Å². The van der Waals surface area contributed by atoms with Crippen LogP contribution in [0.15, 0.2) is 28.8 Å². The van der Waals surface area contributed by atoms with Crippen molar-refractivity contribution in [1.29, 1.82) is 0 Å². The molecule has 2 atom stereocenters. The number of para-hydroxylation sites is 1. The van der Waals surface area contributed by atoms with Crippen LogP contribution in [-0.2, 0) is 16.1 Å². The number of aliphatic carboxylic acids is 1. The van der Waals surface area contributed by atoms with Crippen molar-refractivity contribution in [2.24, 2.45) is 0 Å². The molecule has 1 amide bonds. The lowest BCUT2D eigenvalue weighted by atomic mass is 10.1. The van der Waals surface area contributed by atoms with Gasteiger partial charge in [-0.2, -0.15) is 4.98 Å². The molecule has 1 aromatic heterocycles. The number of amides is 1. The Balaban J connectivity index is 1.75. The highest BCUT2D eigenvalue weighted by Gasteiger charge is 2.33. The van der Waals surface area contributed by atoms with Crippen molar-refractivity contribution in [2.45, 2.75) is 32.7 Å². The van der Waals surface area contributed by atoms with Crippen LogP contribution in [0.4, 0.5) is 0 Å². The highest BCUT2D eigenvalue weighted by molar-refractivity contribution is 5.97. The molecule has 0 radical (unpaired) electrons. The van der Waals surface area contributed by atoms with Gasteiger partial charge in [0.15, 0.2) is 12.7 Å². The Morgan fingerprint density at radius 1 is 1.35 bits per heavy atom. The standard InChI is InChI=1S/C17H19N3O6/c1-10-7-20(8-14(25-10)17(22)23)16(21)12-5-3-4-6-13(12)24-9-15-18-11(2)26-19-15/h3-6,10,14H,7-9H2,1-2H3,(H,22,23)/t10-,14?/m1/s1. The Morgan fingerprint density at radius 3 is 2.81 bits per heavy atom. The number of carboxylic acids is 1. The Bertz CT molecular complexity index is 805. The second-order valence-electron chi connectivity index (χ2n) is 6.00. The number of hydrogen-bond donors (Lipinski definition) is 1. The van der Waals surface area contributed by atoms with Crippen molar-refractivity contribution in [3.05, 3.63) is 41.5 Å². The number of carbonyl (C=O) groups excluding carboxylic acids is 1. The van der Waals surface area contributed by atoms with Crippen LogP contribution in [0.25, 0.3) is 0 Å². The van der Waals surface area contributed by atoms with E-state index >= 15 is 0 Å². The maximum absolute atomic E-state index is 12.9. The Hall–Kier alpha value is -2.94. The summed E-state index contributed by atoms with van der Waals surface area (Å²) in [6.07, 6.45) is -1.41. The summed E-state index contributed by atoms with van der Waals surface area (Å²) in [6, 6.07) is 6.76. The Morgan fingerprint density at radius 2 is 2.12 bits per heavy atom. The monoisotopic (exact) mass is 361 g/mol. The summed E-state index contributed by atoms with van der Waals surface area (Å²) in [4.78, 5) is 29.6. The van der Waals surface area contributed by atoms with E-state index in [9.17, 15) is 14.7 Å². The van der Waals surface area contributed by atoms with Crippen molar-refractivity contribution in [1.82, 2.24) is 15.0 Å². The van der Waals surface area contributed by atoms with Crippen molar-refractivity contribution >= 4 is 11.9 Å². The molecule has 1 aliphatic heterocycles. The third-order valence-corrected chi connectivity index (χ3v) is 3.87. The minimum absolute atomic E-state index is 0.0170. The molecule has 2 heterocycles. The van der Waals surface area contributed by atoms with Gasteiger partial charge in [-0.25, -0.2) is 4.79 Å². The number of rotatable bonds is 5. The molecule has 1 saturated heterocycles. The molecule has 0 aliphatic carbocycles. The van der Waals surface area contributed by atoms with Crippen LogP contribution in [0.5, 0.6) is 5.75 Å². The number of morpholine rings is 1. The molecule has 0 bridgehead atoms. The quantitative estimate of drug-likeness (QED) is 0.847. The first kappa shape index (κ1) is 17.9. The van der Waals surface area contributed by atoms with Gasteiger partial charge >= 0.3 is 5.97 Å². The number of carboxylic acid groups (broad SMARTS) is 1. The fourth-order valence-corrected chi connectivity index (χ4v) is 2.74. The van der Waals surface area contributed by atoms with Gasteiger partial charge in [0.05, 0.1) is 18.2 Å². The highest BCUT2D eigenvalue weighted by Crippen LogP contribution is 2.23.